The van der Waals surface area contributed by atoms with Crippen LogP contribution in [0, 0.1) is 0 Å². The summed E-state index contributed by atoms with van der Waals surface area (Å²) in [5, 5.41) is 3.70. The highest BCUT2D eigenvalue weighted by atomic mass is 16.5. The summed E-state index contributed by atoms with van der Waals surface area (Å²) in [7, 11) is 0. The standard InChI is InChI=1S/C16H23NO2/c1-16(7-2-3-8-16)17-12-13-5-6-14-15(11-13)19-10-4-9-18-14/h5-6,11,17H,2-4,7-10,12H2,1H3. The van der Waals surface area contributed by atoms with Crippen LogP contribution in [-0.2, 0) is 6.54 Å². The van der Waals surface area contributed by atoms with Crippen molar-refractivity contribution >= 4 is 0 Å². The maximum absolute atomic E-state index is 5.73. The van der Waals surface area contributed by atoms with Crippen molar-refractivity contribution in [2.45, 2.75) is 51.1 Å². The van der Waals surface area contributed by atoms with E-state index >= 15 is 0 Å². The van der Waals surface area contributed by atoms with E-state index in [1.54, 1.807) is 0 Å². The van der Waals surface area contributed by atoms with Crippen LogP contribution in [0.25, 0.3) is 0 Å². The number of fused-ring (bicyclic) bond motifs is 1. The van der Waals surface area contributed by atoms with E-state index in [-0.39, 0.29) is 0 Å². The first-order valence-corrected chi connectivity index (χ1v) is 7.39. The second-order valence-corrected chi connectivity index (χ2v) is 5.95. The van der Waals surface area contributed by atoms with Crippen LogP contribution < -0.4 is 14.8 Å². The molecule has 1 aliphatic carbocycles. The van der Waals surface area contributed by atoms with E-state index in [0.29, 0.717) is 5.54 Å². The molecule has 0 amide bonds. The smallest absolute Gasteiger partial charge is 0.161 e. The van der Waals surface area contributed by atoms with Gasteiger partial charge in [-0.2, -0.15) is 0 Å². The third kappa shape index (κ3) is 3.03. The molecule has 0 saturated heterocycles. The summed E-state index contributed by atoms with van der Waals surface area (Å²) in [6.07, 6.45) is 6.24. The summed E-state index contributed by atoms with van der Waals surface area (Å²) < 4.78 is 11.4. The SMILES string of the molecule is CC1(NCc2ccc3c(c2)OCCCO3)CCCC1. The minimum absolute atomic E-state index is 0.324. The number of benzene rings is 1. The molecule has 0 aromatic heterocycles. The molecule has 104 valence electrons. The van der Waals surface area contributed by atoms with Crippen molar-refractivity contribution in [3.05, 3.63) is 23.8 Å². The minimum atomic E-state index is 0.324. The molecule has 1 saturated carbocycles. The molecule has 1 aromatic rings. The molecule has 3 heteroatoms. The van der Waals surface area contributed by atoms with E-state index in [1.807, 2.05) is 6.07 Å². The summed E-state index contributed by atoms with van der Waals surface area (Å²) in [6, 6.07) is 6.29. The van der Waals surface area contributed by atoms with E-state index in [9.17, 15) is 0 Å². The van der Waals surface area contributed by atoms with Crippen molar-refractivity contribution in [1.82, 2.24) is 5.32 Å². The Kier molecular flexibility index (Phi) is 3.65. The Hall–Kier alpha value is -1.22. The maximum Gasteiger partial charge on any atom is 0.161 e. The van der Waals surface area contributed by atoms with Crippen LogP contribution in [0.15, 0.2) is 18.2 Å². The molecular weight excluding hydrogens is 238 g/mol. The second-order valence-electron chi connectivity index (χ2n) is 5.95. The van der Waals surface area contributed by atoms with Crippen molar-refractivity contribution in [2.75, 3.05) is 13.2 Å². The largest absolute Gasteiger partial charge is 0.490 e. The zero-order valence-electron chi connectivity index (χ0n) is 11.7. The topological polar surface area (TPSA) is 30.5 Å². The van der Waals surface area contributed by atoms with Crippen LogP contribution in [0.4, 0.5) is 0 Å². The minimum Gasteiger partial charge on any atom is -0.490 e. The lowest BCUT2D eigenvalue weighted by atomic mass is 10.0. The second kappa shape index (κ2) is 5.41. The van der Waals surface area contributed by atoms with Crippen molar-refractivity contribution in [3.63, 3.8) is 0 Å². The normalized spacial score (nSPS) is 21.1. The zero-order valence-corrected chi connectivity index (χ0v) is 11.7. The Bertz CT molecular complexity index is 438. The molecule has 0 atom stereocenters. The molecule has 1 heterocycles. The van der Waals surface area contributed by atoms with Crippen LogP contribution >= 0.6 is 0 Å². The molecule has 1 aromatic carbocycles. The van der Waals surface area contributed by atoms with Gasteiger partial charge >= 0.3 is 0 Å². The fourth-order valence-electron chi connectivity index (χ4n) is 2.97. The number of rotatable bonds is 3. The van der Waals surface area contributed by atoms with Crippen LogP contribution in [0.1, 0.15) is 44.6 Å². The molecule has 0 spiro atoms. The molecule has 1 aliphatic heterocycles. The van der Waals surface area contributed by atoms with E-state index < -0.39 is 0 Å². The predicted octanol–water partition coefficient (Wildman–Crippen LogP) is 3.27. The number of hydrogen-bond acceptors (Lipinski definition) is 3. The van der Waals surface area contributed by atoms with Gasteiger partial charge in [-0.15, -0.1) is 0 Å². The Morgan fingerprint density at radius 1 is 1.05 bits per heavy atom. The Morgan fingerprint density at radius 2 is 1.79 bits per heavy atom. The first-order chi connectivity index (χ1) is 9.25. The van der Waals surface area contributed by atoms with Crippen molar-refractivity contribution in [2.24, 2.45) is 0 Å². The third-order valence-electron chi connectivity index (χ3n) is 4.24. The summed E-state index contributed by atoms with van der Waals surface area (Å²) in [6.45, 7) is 4.75. The van der Waals surface area contributed by atoms with Gasteiger partial charge in [-0.25, -0.2) is 0 Å². The predicted molar refractivity (Wildman–Crippen MR) is 75.8 cm³/mol. The van der Waals surface area contributed by atoms with Gasteiger partial charge < -0.3 is 14.8 Å². The molecule has 3 nitrogen and oxygen atoms in total. The number of nitrogens with one attached hydrogen (secondary N) is 1. The molecular formula is C16H23NO2. The third-order valence-corrected chi connectivity index (χ3v) is 4.24. The number of ether oxygens (including phenoxy) is 2. The van der Waals surface area contributed by atoms with Crippen molar-refractivity contribution in [3.8, 4) is 11.5 Å². The summed E-state index contributed by atoms with van der Waals surface area (Å²) in [4.78, 5) is 0. The Labute approximate surface area is 115 Å². The van der Waals surface area contributed by atoms with Gasteiger partial charge in [-0.1, -0.05) is 18.9 Å². The molecule has 0 bridgehead atoms. The highest BCUT2D eigenvalue weighted by molar-refractivity contribution is 5.43. The van der Waals surface area contributed by atoms with Gasteiger partial charge in [-0.05, 0) is 37.5 Å². The molecule has 0 radical (unpaired) electrons. The average molecular weight is 261 g/mol. The van der Waals surface area contributed by atoms with Crippen molar-refractivity contribution in [1.29, 1.82) is 0 Å². The maximum atomic E-state index is 5.73. The van der Waals surface area contributed by atoms with E-state index in [2.05, 4.69) is 24.4 Å². The van der Waals surface area contributed by atoms with Crippen LogP contribution in [0.2, 0.25) is 0 Å². The molecule has 3 rings (SSSR count). The summed E-state index contributed by atoms with van der Waals surface area (Å²) >= 11 is 0. The van der Waals surface area contributed by atoms with Crippen LogP contribution in [0.5, 0.6) is 11.5 Å². The lowest BCUT2D eigenvalue weighted by Crippen LogP contribution is -2.38. The fraction of sp³-hybridized carbons (Fsp3) is 0.625. The highest BCUT2D eigenvalue weighted by Gasteiger charge is 2.27. The van der Waals surface area contributed by atoms with Gasteiger partial charge in [0, 0.05) is 18.5 Å². The first-order valence-electron chi connectivity index (χ1n) is 7.39. The van der Waals surface area contributed by atoms with Crippen LogP contribution in [-0.4, -0.2) is 18.8 Å². The monoisotopic (exact) mass is 261 g/mol. The van der Waals surface area contributed by atoms with Crippen LogP contribution in [0.3, 0.4) is 0 Å². The van der Waals surface area contributed by atoms with Gasteiger partial charge in [0.2, 0.25) is 0 Å². The van der Waals surface area contributed by atoms with Gasteiger partial charge in [0.1, 0.15) is 0 Å². The van der Waals surface area contributed by atoms with Gasteiger partial charge in [0.25, 0.3) is 0 Å². The molecule has 2 aliphatic rings. The molecule has 19 heavy (non-hydrogen) atoms. The molecule has 1 fully saturated rings. The van der Waals surface area contributed by atoms with E-state index in [1.165, 1.54) is 31.2 Å². The van der Waals surface area contributed by atoms with Gasteiger partial charge in [0.15, 0.2) is 11.5 Å². The Morgan fingerprint density at radius 3 is 2.58 bits per heavy atom. The summed E-state index contributed by atoms with van der Waals surface area (Å²) in [5.41, 5.74) is 1.60. The highest BCUT2D eigenvalue weighted by Crippen LogP contribution is 2.32. The van der Waals surface area contributed by atoms with Gasteiger partial charge in [0.05, 0.1) is 13.2 Å². The first kappa shape index (κ1) is 12.8. The fourth-order valence-corrected chi connectivity index (χ4v) is 2.97. The van der Waals surface area contributed by atoms with E-state index in [4.69, 9.17) is 9.47 Å². The quantitative estimate of drug-likeness (QED) is 0.906. The Balaban J connectivity index is 1.66. The van der Waals surface area contributed by atoms with E-state index in [0.717, 1.165) is 37.7 Å². The molecule has 0 unspecified atom stereocenters. The van der Waals surface area contributed by atoms with Gasteiger partial charge in [-0.3, -0.25) is 0 Å². The average Bonchev–Trinajstić information content (AvgIpc) is 2.72. The van der Waals surface area contributed by atoms with Crippen molar-refractivity contribution < 1.29 is 9.47 Å². The number of hydrogen-bond donors (Lipinski definition) is 1. The molecule has 1 N–H and O–H groups in total. The lowest BCUT2D eigenvalue weighted by molar-refractivity contribution is 0.297. The lowest BCUT2D eigenvalue weighted by Gasteiger charge is -2.25. The zero-order chi connectivity index (χ0) is 13.1. The summed E-state index contributed by atoms with van der Waals surface area (Å²) in [5.74, 6) is 1.78.